The van der Waals surface area contributed by atoms with Crippen LogP contribution in [0.25, 0.3) is 0 Å². The molecule has 0 heterocycles. The number of phenols is 2. The highest BCUT2D eigenvalue weighted by Crippen LogP contribution is 2.12. The van der Waals surface area contributed by atoms with Crippen molar-refractivity contribution in [2.45, 2.75) is 18.9 Å². The first-order chi connectivity index (χ1) is 12.4. The number of rotatable bonds is 8. The van der Waals surface area contributed by atoms with E-state index in [0.29, 0.717) is 12.0 Å². The standard InChI is InChI=1S/C18H19NO7/c20-14-5-1-12(2-6-14)9-10-25-18(24)19-26-16(17(22)23)11-13-3-7-15(21)8-4-13/h1-8,16,20-21H,9-11H2,(H,19,24)(H,22,23)/t16-/m1/s1. The third kappa shape index (κ3) is 6.33. The lowest BCUT2D eigenvalue weighted by atomic mass is 10.1. The van der Waals surface area contributed by atoms with Crippen LogP contribution in [0.15, 0.2) is 48.5 Å². The normalized spacial score (nSPS) is 11.5. The Labute approximate surface area is 149 Å². The Kier molecular flexibility index (Phi) is 6.81. The highest BCUT2D eigenvalue weighted by Gasteiger charge is 2.21. The lowest BCUT2D eigenvalue weighted by Gasteiger charge is -2.14. The van der Waals surface area contributed by atoms with Crippen LogP contribution in [0, 0.1) is 0 Å². The van der Waals surface area contributed by atoms with Crippen molar-refractivity contribution in [1.29, 1.82) is 0 Å². The molecule has 0 aliphatic heterocycles. The van der Waals surface area contributed by atoms with E-state index in [1.54, 1.807) is 24.3 Å². The molecule has 0 aliphatic carbocycles. The van der Waals surface area contributed by atoms with Gasteiger partial charge in [-0.05, 0) is 35.4 Å². The maximum atomic E-state index is 11.6. The first-order valence-electron chi connectivity index (χ1n) is 7.81. The smallest absolute Gasteiger partial charge is 0.431 e. The molecule has 2 aromatic carbocycles. The Morgan fingerprint density at radius 3 is 2.00 bits per heavy atom. The van der Waals surface area contributed by atoms with Crippen LogP contribution in [0.4, 0.5) is 4.79 Å². The molecule has 8 nitrogen and oxygen atoms in total. The molecule has 4 N–H and O–H groups in total. The van der Waals surface area contributed by atoms with Gasteiger partial charge in [0.05, 0.1) is 6.61 Å². The van der Waals surface area contributed by atoms with Gasteiger partial charge in [-0.3, -0.25) is 4.84 Å². The van der Waals surface area contributed by atoms with Gasteiger partial charge in [-0.25, -0.2) is 9.59 Å². The maximum Gasteiger partial charge on any atom is 0.431 e. The van der Waals surface area contributed by atoms with Crippen molar-refractivity contribution in [3.63, 3.8) is 0 Å². The van der Waals surface area contributed by atoms with Gasteiger partial charge in [-0.2, -0.15) is 5.48 Å². The van der Waals surface area contributed by atoms with Crippen LogP contribution < -0.4 is 5.48 Å². The predicted octanol–water partition coefficient (Wildman–Crippen LogP) is 1.99. The second-order valence-electron chi connectivity index (χ2n) is 5.47. The number of nitrogens with one attached hydrogen (secondary N) is 1. The highest BCUT2D eigenvalue weighted by molar-refractivity contribution is 5.73. The van der Waals surface area contributed by atoms with Crippen molar-refractivity contribution in [1.82, 2.24) is 5.48 Å². The van der Waals surface area contributed by atoms with Crippen molar-refractivity contribution in [2.24, 2.45) is 0 Å². The fourth-order valence-corrected chi connectivity index (χ4v) is 2.10. The number of aromatic hydroxyl groups is 2. The van der Waals surface area contributed by atoms with E-state index in [1.165, 1.54) is 24.3 Å². The molecule has 8 heteroatoms. The summed E-state index contributed by atoms with van der Waals surface area (Å²) < 4.78 is 4.91. The second-order valence-corrected chi connectivity index (χ2v) is 5.47. The van der Waals surface area contributed by atoms with Gasteiger partial charge in [0.1, 0.15) is 11.5 Å². The van der Waals surface area contributed by atoms with Crippen molar-refractivity contribution < 1.29 is 34.5 Å². The van der Waals surface area contributed by atoms with E-state index < -0.39 is 18.2 Å². The average Bonchev–Trinajstić information content (AvgIpc) is 2.61. The SMILES string of the molecule is O=C(NO[C@H](Cc1ccc(O)cc1)C(=O)O)OCCc1ccc(O)cc1. The summed E-state index contributed by atoms with van der Waals surface area (Å²) >= 11 is 0. The molecule has 138 valence electrons. The van der Waals surface area contributed by atoms with Crippen LogP contribution in [-0.4, -0.2) is 40.1 Å². The predicted molar refractivity (Wildman–Crippen MR) is 90.6 cm³/mol. The zero-order valence-corrected chi connectivity index (χ0v) is 13.8. The van der Waals surface area contributed by atoms with Crippen LogP contribution in [0.1, 0.15) is 11.1 Å². The fraction of sp³-hybridized carbons (Fsp3) is 0.222. The van der Waals surface area contributed by atoms with Crippen molar-refractivity contribution in [3.05, 3.63) is 59.7 Å². The molecule has 1 atom stereocenters. The Morgan fingerprint density at radius 1 is 0.923 bits per heavy atom. The molecule has 0 fully saturated rings. The van der Waals surface area contributed by atoms with Crippen LogP contribution in [0.3, 0.4) is 0 Å². The number of carboxylic acid groups (broad SMARTS) is 1. The number of hydroxylamine groups is 1. The Hall–Kier alpha value is -3.26. The molecule has 0 radical (unpaired) electrons. The number of carbonyl (C=O) groups excluding carboxylic acids is 1. The van der Waals surface area contributed by atoms with Gasteiger partial charge in [0.2, 0.25) is 0 Å². The molecule has 0 aliphatic rings. The fourth-order valence-electron chi connectivity index (χ4n) is 2.10. The topological polar surface area (TPSA) is 125 Å². The lowest BCUT2D eigenvalue weighted by molar-refractivity contribution is -0.154. The monoisotopic (exact) mass is 361 g/mol. The van der Waals surface area contributed by atoms with Crippen molar-refractivity contribution in [2.75, 3.05) is 6.61 Å². The first kappa shape index (κ1) is 19.1. The highest BCUT2D eigenvalue weighted by atomic mass is 16.7. The average molecular weight is 361 g/mol. The van der Waals surface area contributed by atoms with E-state index in [1.807, 2.05) is 5.48 Å². The van der Waals surface area contributed by atoms with Gasteiger partial charge in [0.25, 0.3) is 0 Å². The number of ether oxygens (including phenoxy) is 1. The minimum absolute atomic E-state index is 0.00337. The Bertz CT molecular complexity index is 728. The summed E-state index contributed by atoms with van der Waals surface area (Å²) in [5.74, 6) is -1.03. The molecule has 2 rings (SSSR count). The summed E-state index contributed by atoms with van der Waals surface area (Å²) in [5.41, 5.74) is 3.45. The van der Waals surface area contributed by atoms with Gasteiger partial charge in [-0.1, -0.05) is 24.3 Å². The Morgan fingerprint density at radius 2 is 1.46 bits per heavy atom. The number of phenolic OH excluding ortho intramolecular Hbond substituents is 2. The number of benzene rings is 2. The van der Waals surface area contributed by atoms with E-state index in [4.69, 9.17) is 14.7 Å². The largest absolute Gasteiger partial charge is 0.508 e. The summed E-state index contributed by atoms with van der Waals surface area (Å²) in [6.07, 6.45) is -1.77. The number of aliphatic carboxylic acids is 1. The van der Waals surface area contributed by atoms with E-state index >= 15 is 0 Å². The molecule has 0 bridgehead atoms. The van der Waals surface area contributed by atoms with Gasteiger partial charge in [0.15, 0.2) is 6.10 Å². The maximum absolute atomic E-state index is 11.6. The summed E-state index contributed by atoms with van der Waals surface area (Å²) in [4.78, 5) is 27.7. The van der Waals surface area contributed by atoms with Crippen LogP contribution in [0.5, 0.6) is 11.5 Å². The lowest BCUT2D eigenvalue weighted by Crippen LogP contribution is -2.36. The van der Waals surface area contributed by atoms with E-state index in [9.17, 15) is 19.8 Å². The van der Waals surface area contributed by atoms with Gasteiger partial charge in [0, 0.05) is 12.8 Å². The van der Waals surface area contributed by atoms with Crippen molar-refractivity contribution >= 4 is 12.1 Å². The molecule has 1 amide bonds. The number of hydrogen-bond acceptors (Lipinski definition) is 6. The van der Waals surface area contributed by atoms with Crippen LogP contribution in [-0.2, 0) is 27.2 Å². The molecule has 0 saturated carbocycles. The van der Waals surface area contributed by atoms with E-state index in [-0.39, 0.29) is 24.5 Å². The molecule has 26 heavy (non-hydrogen) atoms. The van der Waals surface area contributed by atoms with Gasteiger partial charge < -0.3 is 20.1 Å². The molecular formula is C18H19NO7. The van der Waals surface area contributed by atoms with Crippen molar-refractivity contribution in [3.8, 4) is 11.5 Å². The third-order valence-corrected chi connectivity index (χ3v) is 3.48. The summed E-state index contributed by atoms with van der Waals surface area (Å²) in [7, 11) is 0. The van der Waals surface area contributed by atoms with E-state index in [2.05, 4.69) is 0 Å². The third-order valence-electron chi connectivity index (χ3n) is 3.48. The second kappa shape index (κ2) is 9.28. The molecule has 0 saturated heterocycles. The molecular weight excluding hydrogens is 342 g/mol. The summed E-state index contributed by atoms with van der Waals surface area (Å²) in [6, 6.07) is 12.4. The zero-order chi connectivity index (χ0) is 18.9. The van der Waals surface area contributed by atoms with Gasteiger partial charge in [-0.15, -0.1) is 0 Å². The number of hydrogen-bond donors (Lipinski definition) is 4. The van der Waals surface area contributed by atoms with Crippen LogP contribution in [0.2, 0.25) is 0 Å². The summed E-state index contributed by atoms with van der Waals surface area (Å²) in [6.45, 7) is 0.0651. The number of amides is 1. The zero-order valence-electron chi connectivity index (χ0n) is 13.8. The number of carboxylic acids is 1. The number of carbonyl (C=O) groups is 2. The first-order valence-corrected chi connectivity index (χ1v) is 7.81. The Balaban J connectivity index is 1.75. The van der Waals surface area contributed by atoms with Crippen LogP contribution >= 0.6 is 0 Å². The molecule has 2 aromatic rings. The molecule has 0 spiro atoms. The van der Waals surface area contributed by atoms with E-state index in [0.717, 1.165) is 5.56 Å². The van der Waals surface area contributed by atoms with Gasteiger partial charge >= 0.3 is 12.1 Å². The quantitative estimate of drug-likeness (QED) is 0.530. The molecule has 0 unspecified atom stereocenters. The molecule has 0 aromatic heterocycles. The minimum Gasteiger partial charge on any atom is -0.508 e. The minimum atomic E-state index is -1.30. The summed E-state index contributed by atoms with van der Waals surface area (Å²) in [5, 5.41) is 27.6.